The van der Waals surface area contributed by atoms with Crippen molar-refractivity contribution in [2.45, 2.75) is 19.3 Å². The van der Waals surface area contributed by atoms with Crippen LogP contribution in [0, 0.1) is 10.1 Å². The number of hydrogen-bond donors (Lipinski definition) is 0. The highest BCUT2D eigenvalue weighted by atomic mass is 16.6. The fourth-order valence-electron chi connectivity index (χ4n) is 1.36. The molecule has 0 aromatic carbocycles. The first kappa shape index (κ1) is 9.70. The van der Waals surface area contributed by atoms with Gasteiger partial charge in [-0.25, -0.2) is 0 Å². The molecule has 0 saturated carbocycles. The molecule has 0 aliphatic carbocycles. The maximum absolute atomic E-state index is 10.3. The Hall–Kier alpha value is -1.39. The monoisotopic (exact) mass is 184 g/mol. The van der Waals surface area contributed by atoms with Gasteiger partial charge in [0, 0.05) is 13.1 Å². The molecule has 1 rings (SSSR count). The second-order valence-corrected chi connectivity index (χ2v) is 3.03. The minimum atomic E-state index is -0.651. The Kier molecular flexibility index (Phi) is 3.42. The third-order valence-electron chi connectivity index (χ3n) is 2.04. The Balaban J connectivity index is 2.59. The van der Waals surface area contributed by atoms with E-state index in [1.54, 1.807) is 0 Å². The number of rotatable bonds is 3. The van der Waals surface area contributed by atoms with Crippen LogP contribution in [0.25, 0.3) is 0 Å². The minimum Gasteiger partial charge on any atom is -0.372 e. The molecule has 0 aromatic heterocycles. The van der Waals surface area contributed by atoms with Crippen LogP contribution in [-0.2, 0) is 4.79 Å². The van der Waals surface area contributed by atoms with Gasteiger partial charge in [-0.15, -0.1) is 0 Å². The molecule has 0 bridgehead atoms. The summed E-state index contributed by atoms with van der Waals surface area (Å²) < 4.78 is 0. The number of likely N-dealkylation sites (tertiary alicyclic amines) is 1. The third kappa shape index (κ3) is 2.85. The second-order valence-electron chi connectivity index (χ2n) is 3.03. The van der Waals surface area contributed by atoms with Gasteiger partial charge in [-0.1, -0.05) is 0 Å². The van der Waals surface area contributed by atoms with Gasteiger partial charge in [0.1, 0.15) is 0 Å². The van der Waals surface area contributed by atoms with Gasteiger partial charge >= 0.3 is 5.70 Å². The number of hydrogen-bond acceptors (Lipinski definition) is 4. The number of allylic oxidation sites excluding steroid dienone is 1. The van der Waals surface area contributed by atoms with Crippen LogP contribution in [0.2, 0.25) is 0 Å². The summed E-state index contributed by atoms with van der Waals surface area (Å²) in [5.74, 6) is 0. The Morgan fingerprint density at radius 1 is 1.31 bits per heavy atom. The highest BCUT2D eigenvalue weighted by molar-refractivity contribution is 5.69. The zero-order valence-electron chi connectivity index (χ0n) is 7.31. The lowest BCUT2D eigenvalue weighted by molar-refractivity contribution is -0.418. The summed E-state index contributed by atoms with van der Waals surface area (Å²) in [6.07, 6.45) is 4.88. The van der Waals surface area contributed by atoms with Crippen molar-refractivity contribution in [3.63, 3.8) is 0 Å². The average Bonchev–Trinajstić information content (AvgIpc) is 2.15. The number of nitrogens with zero attached hydrogens (tertiary/aromatic N) is 2. The molecule has 0 aromatic rings. The van der Waals surface area contributed by atoms with E-state index in [0.29, 0.717) is 0 Å². The molecule has 0 amide bonds. The molecule has 0 unspecified atom stereocenters. The Bertz CT molecular complexity index is 232. The molecule has 0 radical (unpaired) electrons. The molecule has 1 fully saturated rings. The van der Waals surface area contributed by atoms with Gasteiger partial charge in [-0.2, -0.15) is 0 Å². The molecule has 13 heavy (non-hydrogen) atoms. The lowest BCUT2D eigenvalue weighted by Gasteiger charge is -2.23. The summed E-state index contributed by atoms with van der Waals surface area (Å²) in [6, 6.07) is 0. The summed E-state index contributed by atoms with van der Waals surface area (Å²) in [4.78, 5) is 21.7. The first-order chi connectivity index (χ1) is 6.24. The van der Waals surface area contributed by atoms with Crippen LogP contribution in [0.1, 0.15) is 19.3 Å². The largest absolute Gasteiger partial charge is 0.372 e. The smallest absolute Gasteiger partial charge is 0.324 e. The van der Waals surface area contributed by atoms with Crippen molar-refractivity contribution in [1.82, 2.24) is 4.90 Å². The predicted octanol–water partition coefficient (Wildman–Crippen LogP) is 0.789. The number of nitro groups is 1. The fourth-order valence-corrected chi connectivity index (χ4v) is 1.36. The third-order valence-corrected chi connectivity index (χ3v) is 2.04. The van der Waals surface area contributed by atoms with Crippen LogP contribution in [0.5, 0.6) is 0 Å². The van der Waals surface area contributed by atoms with E-state index in [1.165, 1.54) is 12.6 Å². The standard InChI is InChI=1S/C8H12N2O3/c11-7-8(10(12)13)6-9-4-2-1-3-5-9/h6-7H,1-5H2/b8-6-. The predicted molar refractivity (Wildman–Crippen MR) is 46.6 cm³/mol. The number of carbonyl (C=O) groups is 1. The summed E-state index contributed by atoms with van der Waals surface area (Å²) in [5, 5.41) is 10.3. The van der Waals surface area contributed by atoms with E-state index < -0.39 is 4.92 Å². The van der Waals surface area contributed by atoms with Crippen molar-refractivity contribution in [2.75, 3.05) is 13.1 Å². The van der Waals surface area contributed by atoms with E-state index in [9.17, 15) is 14.9 Å². The molecule has 5 heteroatoms. The zero-order chi connectivity index (χ0) is 9.68. The van der Waals surface area contributed by atoms with E-state index in [2.05, 4.69) is 0 Å². The molecular weight excluding hydrogens is 172 g/mol. The maximum Gasteiger partial charge on any atom is 0.324 e. The van der Waals surface area contributed by atoms with E-state index in [1.807, 2.05) is 4.90 Å². The molecule has 5 nitrogen and oxygen atoms in total. The van der Waals surface area contributed by atoms with Crippen molar-refractivity contribution >= 4 is 6.29 Å². The summed E-state index contributed by atoms with van der Waals surface area (Å²) in [5.41, 5.74) is -0.359. The minimum absolute atomic E-state index is 0.286. The first-order valence-electron chi connectivity index (χ1n) is 4.29. The van der Waals surface area contributed by atoms with E-state index >= 15 is 0 Å². The molecule has 0 atom stereocenters. The molecular formula is C8H12N2O3. The SMILES string of the molecule is O=C/C(=C/N1CCCCC1)[N+](=O)[O-]. The van der Waals surface area contributed by atoms with Gasteiger partial charge in [0.15, 0.2) is 0 Å². The van der Waals surface area contributed by atoms with Gasteiger partial charge in [0.05, 0.1) is 11.1 Å². The Labute approximate surface area is 76.2 Å². The molecule has 1 heterocycles. The molecule has 0 N–H and O–H groups in total. The maximum atomic E-state index is 10.3. The fraction of sp³-hybridized carbons (Fsp3) is 0.625. The van der Waals surface area contributed by atoms with Gasteiger partial charge in [0.25, 0.3) is 0 Å². The summed E-state index contributed by atoms with van der Waals surface area (Å²) >= 11 is 0. The van der Waals surface area contributed by atoms with Crippen LogP contribution in [0.15, 0.2) is 11.9 Å². The number of aldehydes is 1. The Morgan fingerprint density at radius 3 is 2.38 bits per heavy atom. The van der Waals surface area contributed by atoms with Crippen LogP contribution in [0.4, 0.5) is 0 Å². The molecule has 1 saturated heterocycles. The second kappa shape index (κ2) is 4.59. The van der Waals surface area contributed by atoms with Gasteiger partial charge < -0.3 is 4.90 Å². The molecule has 72 valence electrons. The first-order valence-corrected chi connectivity index (χ1v) is 4.29. The van der Waals surface area contributed by atoms with Crippen LogP contribution in [-0.4, -0.2) is 29.2 Å². The lowest BCUT2D eigenvalue weighted by Crippen LogP contribution is -2.25. The molecule has 0 spiro atoms. The van der Waals surface area contributed by atoms with E-state index in [0.717, 1.165) is 25.9 Å². The van der Waals surface area contributed by atoms with Gasteiger partial charge in [0.2, 0.25) is 6.29 Å². The molecule has 1 aliphatic heterocycles. The van der Waals surface area contributed by atoms with Gasteiger partial charge in [-0.05, 0) is 19.3 Å². The van der Waals surface area contributed by atoms with Crippen molar-refractivity contribution < 1.29 is 9.72 Å². The van der Waals surface area contributed by atoms with E-state index in [-0.39, 0.29) is 12.0 Å². The zero-order valence-corrected chi connectivity index (χ0v) is 7.31. The molecule has 1 aliphatic rings. The highest BCUT2D eigenvalue weighted by Crippen LogP contribution is 2.09. The summed E-state index contributed by atoms with van der Waals surface area (Å²) in [7, 11) is 0. The van der Waals surface area contributed by atoms with Gasteiger partial charge in [-0.3, -0.25) is 14.9 Å². The van der Waals surface area contributed by atoms with Crippen molar-refractivity contribution in [1.29, 1.82) is 0 Å². The topological polar surface area (TPSA) is 63.5 Å². The normalized spacial score (nSPS) is 18.5. The van der Waals surface area contributed by atoms with E-state index in [4.69, 9.17) is 0 Å². The quantitative estimate of drug-likeness (QED) is 0.281. The number of piperidine rings is 1. The Morgan fingerprint density at radius 2 is 1.92 bits per heavy atom. The van der Waals surface area contributed by atoms with Crippen molar-refractivity contribution in [3.05, 3.63) is 22.0 Å². The van der Waals surface area contributed by atoms with Crippen LogP contribution in [0.3, 0.4) is 0 Å². The average molecular weight is 184 g/mol. The lowest BCUT2D eigenvalue weighted by atomic mass is 10.1. The summed E-state index contributed by atoms with van der Waals surface area (Å²) in [6.45, 7) is 1.62. The van der Waals surface area contributed by atoms with Crippen LogP contribution < -0.4 is 0 Å². The number of carbonyl (C=O) groups excluding carboxylic acids is 1. The van der Waals surface area contributed by atoms with Crippen molar-refractivity contribution in [3.8, 4) is 0 Å². The van der Waals surface area contributed by atoms with Crippen LogP contribution >= 0.6 is 0 Å². The highest BCUT2D eigenvalue weighted by Gasteiger charge is 2.13. The van der Waals surface area contributed by atoms with Crippen molar-refractivity contribution in [2.24, 2.45) is 0 Å².